The van der Waals surface area contributed by atoms with Crippen LogP contribution in [0.1, 0.15) is 48.4 Å². The largest absolute Gasteiger partial charge is 0.388 e. The number of carbonyl (C=O) groups is 5. The third-order valence-electron chi connectivity index (χ3n) is 6.98. The molecule has 16 nitrogen and oxygen atoms in total. The van der Waals surface area contributed by atoms with Gasteiger partial charge in [0.2, 0.25) is 0 Å². The molecule has 0 saturated heterocycles. The molecule has 0 bridgehead atoms. The molecule has 0 fully saturated rings. The van der Waals surface area contributed by atoms with Crippen molar-refractivity contribution >= 4 is 68.4 Å². The Morgan fingerprint density at radius 3 is 1.87 bits per heavy atom. The second kappa shape index (κ2) is 14.1. The quantitative estimate of drug-likeness (QED) is 0.0596. The monoisotopic (exact) mass is 707 g/mol. The fourth-order valence-corrected chi connectivity index (χ4v) is 4.69. The minimum atomic E-state index is -0.655. The Bertz CT molecular complexity index is 1910. The van der Waals surface area contributed by atoms with Crippen LogP contribution in [0.15, 0.2) is 66.2 Å². The van der Waals surface area contributed by atoms with Crippen molar-refractivity contribution in [2.24, 2.45) is 33.9 Å². The van der Waals surface area contributed by atoms with Crippen molar-refractivity contribution in [3.8, 4) is 0 Å². The first-order chi connectivity index (χ1) is 22.2. The maximum atomic E-state index is 13.4. The van der Waals surface area contributed by atoms with E-state index in [-0.39, 0.29) is 52.0 Å². The van der Waals surface area contributed by atoms with Gasteiger partial charge in [0.25, 0.3) is 29.5 Å². The molecule has 0 aromatic carbocycles. The summed E-state index contributed by atoms with van der Waals surface area (Å²) < 4.78 is 6.17. The molecule has 4 heterocycles. The molecule has 7 N–H and O–H groups in total. The van der Waals surface area contributed by atoms with Gasteiger partial charge in [0.05, 0.1) is 27.4 Å². The lowest BCUT2D eigenvalue weighted by atomic mass is 10.3. The molecule has 4 aromatic heterocycles. The second-order valence-corrected chi connectivity index (χ2v) is 11.5. The summed E-state index contributed by atoms with van der Waals surface area (Å²) in [6, 6.07) is 7.72. The Balaban J connectivity index is 1.48. The van der Waals surface area contributed by atoms with Gasteiger partial charge in [-0.1, -0.05) is 6.58 Å². The van der Waals surface area contributed by atoms with Crippen LogP contribution in [0.4, 0.5) is 17.1 Å². The zero-order valence-electron chi connectivity index (χ0n) is 26.1. The van der Waals surface area contributed by atoms with Crippen LogP contribution in [0.2, 0.25) is 0 Å². The zero-order valence-corrected chi connectivity index (χ0v) is 27.6. The van der Waals surface area contributed by atoms with Crippen LogP contribution in [0.3, 0.4) is 0 Å². The summed E-state index contributed by atoms with van der Waals surface area (Å²) in [5.41, 5.74) is 9.71. The number of nitrogens with zero attached hydrogens (tertiary/aromatic N) is 5. The molecule has 5 amide bonds. The number of hydrogen-bond donors (Lipinski definition) is 6. The van der Waals surface area contributed by atoms with Crippen LogP contribution in [0.5, 0.6) is 0 Å². The van der Waals surface area contributed by atoms with Crippen LogP contribution in [-0.4, -0.2) is 60.2 Å². The maximum absolute atomic E-state index is 13.4. The van der Waals surface area contributed by atoms with E-state index in [1.165, 1.54) is 33.5 Å². The predicted octanol–water partition coefficient (Wildman–Crippen LogP) is 2.19. The van der Waals surface area contributed by atoms with Crippen molar-refractivity contribution in [3.05, 3.63) is 89.0 Å². The van der Waals surface area contributed by atoms with Gasteiger partial charge in [-0.15, -0.1) is 0 Å². The van der Waals surface area contributed by atoms with Crippen LogP contribution in [0, 0.1) is 5.41 Å². The van der Waals surface area contributed by atoms with E-state index in [1.807, 2.05) is 0 Å². The Labute approximate surface area is 277 Å². The van der Waals surface area contributed by atoms with Gasteiger partial charge < -0.3 is 40.0 Å². The van der Waals surface area contributed by atoms with Gasteiger partial charge in [-0.3, -0.25) is 34.8 Å². The van der Waals surface area contributed by atoms with Crippen LogP contribution < -0.4 is 32.1 Å². The summed E-state index contributed by atoms with van der Waals surface area (Å²) in [5.74, 6) is -2.65. The topological polar surface area (TPSA) is 206 Å². The summed E-state index contributed by atoms with van der Waals surface area (Å²) in [7, 11) is 6.59. The number of nitrogens with two attached hydrogens (primary N) is 1. The van der Waals surface area contributed by atoms with E-state index in [1.54, 1.807) is 68.0 Å². The number of halogens is 1. The number of amides is 5. The van der Waals surface area contributed by atoms with Gasteiger partial charge in [0, 0.05) is 65.9 Å². The summed E-state index contributed by atoms with van der Waals surface area (Å²) in [5, 5.41) is 16.5. The average molecular weight is 709 g/mol. The number of carbonyl (C=O) groups excluding carboxylic acids is 5. The smallest absolute Gasteiger partial charge is 0.293 e. The molecule has 0 aliphatic rings. The van der Waals surface area contributed by atoms with E-state index in [4.69, 9.17) is 11.1 Å². The van der Waals surface area contributed by atoms with Crippen molar-refractivity contribution < 1.29 is 24.0 Å². The Morgan fingerprint density at radius 2 is 1.36 bits per heavy atom. The van der Waals surface area contributed by atoms with E-state index in [0.717, 1.165) is 5.01 Å². The highest BCUT2D eigenvalue weighted by Gasteiger charge is 2.26. The Hall–Kier alpha value is -5.84. The number of aryl methyl sites for hydroxylation is 4. The third-order valence-corrected chi connectivity index (χ3v) is 7.34. The van der Waals surface area contributed by atoms with Crippen molar-refractivity contribution in [3.63, 3.8) is 0 Å². The number of amidine groups is 1. The van der Waals surface area contributed by atoms with Gasteiger partial charge >= 0.3 is 0 Å². The van der Waals surface area contributed by atoms with E-state index in [9.17, 15) is 24.0 Å². The van der Waals surface area contributed by atoms with Crippen LogP contribution in [0.25, 0.3) is 0 Å². The molecule has 0 spiro atoms. The van der Waals surface area contributed by atoms with Crippen molar-refractivity contribution in [2.75, 3.05) is 22.2 Å². The number of rotatable bonds is 11. The molecular formula is C30H34BrN11O5. The summed E-state index contributed by atoms with van der Waals surface area (Å²) in [4.78, 5) is 64.8. The van der Waals surface area contributed by atoms with Crippen LogP contribution >= 0.6 is 15.9 Å². The normalized spacial score (nSPS) is 10.7. The van der Waals surface area contributed by atoms with Gasteiger partial charge in [-0.2, -0.15) is 0 Å². The lowest BCUT2D eigenvalue weighted by Gasteiger charge is -2.22. The molecule has 0 atom stereocenters. The zero-order chi connectivity index (χ0) is 34.6. The highest BCUT2D eigenvalue weighted by Crippen LogP contribution is 2.22. The van der Waals surface area contributed by atoms with Crippen molar-refractivity contribution in [2.45, 2.75) is 6.42 Å². The lowest BCUT2D eigenvalue weighted by Crippen LogP contribution is -2.47. The van der Waals surface area contributed by atoms with E-state index < -0.39 is 23.6 Å². The Morgan fingerprint density at radius 1 is 0.830 bits per heavy atom. The highest BCUT2D eigenvalue weighted by atomic mass is 79.9. The average Bonchev–Trinajstić information content (AvgIpc) is 3.77. The molecule has 0 unspecified atom stereocenters. The highest BCUT2D eigenvalue weighted by molar-refractivity contribution is 9.12. The summed E-state index contributed by atoms with van der Waals surface area (Å²) >= 11 is 3.02. The van der Waals surface area contributed by atoms with E-state index in [2.05, 4.69) is 43.9 Å². The first kappa shape index (κ1) is 34.0. The van der Waals surface area contributed by atoms with Crippen molar-refractivity contribution in [1.29, 1.82) is 5.41 Å². The van der Waals surface area contributed by atoms with Gasteiger partial charge in [0.1, 0.15) is 22.8 Å². The third kappa shape index (κ3) is 7.88. The summed E-state index contributed by atoms with van der Waals surface area (Å²) in [6.07, 6.45) is 6.55. The summed E-state index contributed by atoms with van der Waals surface area (Å²) in [6.45, 7) is 3.75. The number of nitrogens with one attached hydrogen (secondary N) is 5. The lowest BCUT2D eigenvalue weighted by molar-refractivity contribution is -0.116. The maximum Gasteiger partial charge on any atom is 0.293 e. The molecule has 246 valence electrons. The molecule has 4 aromatic rings. The molecule has 0 radical (unpaired) electrons. The van der Waals surface area contributed by atoms with E-state index in [0.29, 0.717) is 17.1 Å². The predicted molar refractivity (Wildman–Crippen MR) is 179 cm³/mol. The van der Waals surface area contributed by atoms with Gasteiger partial charge in [-0.05, 0) is 46.3 Å². The SMILES string of the molecule is C=C(Br)C(=O)NN(C(=O)c1cccn1C)c1cc(C(=O)Nc2cc(C(=O)Nc3cc(C(=O)NCCC(=N)N)n(C)c3)n(C)c2)n(C)c1. The fraction of sp³-hybridized carbons (Fsp3) is 0.200. The number of hydrogen-bond acceptors (Lipinski definition) is 6. The molecule has 47 heavy (non-hydrogen) atoms. The number of hydrazine groups is 1. The molecule has 0 aliphatic heterocycles. The molecule has 0 aliphatic carbocycles. The number of anilines is 3. The first-order valence-electron chi connectivity index (χ1n) is 14.0. The van der Waals surface area contributed by atoms with E-state index >= 15 is 0 Å². The minimum absolute atomic E-state index is 0.000604. The van der Waals surface area contributed by atoms with Crippen molar-refractivity contribution in [1.82, 2.24) is 29.0 Å². The van der Waals surface area contributed by atoms with Crippen LogP contribution in [-0.2, 0) is 33.0 Å². The molecule has 17 heteroatoms. The Kier molecular flexibility index (Phi) is 10.2. The standard InChI is InChI=1S/C30H34BrN11O5/c1-17(31)26(43)37-42(30(47)21-7-6-10-38(21)2)20-13-24(41(5)16-20)29(46)36-19-12-23(40(4)15-19)28(45)35-18-11-22(39(3)14-18)27(44)34-9-8-25(32)33/h6-7,10-16H,1,8-9H2,2-5H3,(H3,32,33)(H,34,44)(H,35,45)(H,36,46)(H,37,43). The second-order valence-electron chi connectivity index (χ2n) is 10.6. The molecular weight excluding hydrogens is 674 g/mol. The minimum Gasteiger partial charge on any atom is -0.388 e. The molecule has 0 saturated carbocycles. The first-order valence-corrected chi connectivity index (χ1v) is 14.8. The van der Waals surface area contributed by atoms with Gasteiger partial charge in [-0.25, -0.2) is 5.01 Å². The van der Waals surface area contributed by atoms with Gasteiger partial charge in [0.15, 0.2) is 0 Å². The number of aromatic nitrogens is 4. The fourth-order valence-electron chi connectivity index (χ4n) is 4.60. The molecule has 4 rings (SSSR count).